The van der Waals surface area contributed by atoms with Crippen molar-refractivity contribution in [2.45, 2.75) is 84.6 Å². The molecule has 0 saturated carbocycles. The monoisotopic (exact) mass is 635 g/mol. The summed E-state index contributed by atoms with van der Waals surface area (Å²) in [6.45, 7) is 5.44. The largest absolute Gasteiger partial charge is 0.346 e. The molecule has 1 N–H and O–H groups in total. The van der Waals surface area contributed by atoms with Gasteiger partial charge in [-0.25, -0.2) is 8.42 Å². The van der Waals surface area contributed by atoms with Crippen LogP contribution >= 0.6 is 0 Å². The summed E-state index contributed by atoms with van der Waals surface area (Å²) in [4.78, 5) is 66.1. The van der Waals surface area contributed by atoms with Crippen LogP contribution in [0.3, 0.4) is 0 Å². The van der Waals surface area contributed by atoms with E-state index in [0.717, 1.165) is 34.9 Å². The summed E-state index contributed by atoms with van der Waals surface area (Å²) in [6.07, 6.45) is 3.22. The van der Waals surface area contributed by atoms with Crippen molar-refractivity contribution in [3.8, 4) is 0 Å². The highest BCUT2D eigenvalue weighted by molar-refractivity contribution is 7.90. The van der Waals surface area contributed by atoms with E-state index in [-0.39, 0.29) is 37.2 Å². The minimum atomic E-state index is -3.46. The fourth-order valence-corrected chi connectivity index (χ4v) is 6.37. The maximum atomic E-state index is 13.6. The van der Waals surface area contributed by atoms with Crippen LogP contribution in [0.5, 0.6) is 0 Å². The van der Waals surface area contributed by atoms with E-state index in [1.807, 2.05) is 68.4 Å². The fourth-order valence-electron chi connectivity index (χ4n) is 5.70. The van der Waals surface area contributed by atoms with Gasteiger partial charge in [0.25, 0.3) is 0 Å². The molecule has 0 saturated heterocycles. The molecule has 9 heteroatoms. The molecule has 3 atom stereocenters. The Morgan fingerprint density at radius 2 is 1.58 bits per heavy atom. The highest BCUT2D eigenvalue weighted by Gasteiger charge is 2.32. The predicted molar refractivity (Wildman–Crippen MR) is 175 cm³/mol. The van der Waals surface area contributed by atoms with E-state index < -0.39 is 51.0 Å². The zero-order chi connectivity index (χ0) is 33.1. The summed E-state index contributed by atoms with van der Waals surface area (Å²) in [6, 6.07) is 16.0. The number of Topliss-reactive ketones (excluding diaryl/α,β-unsaturated/α-hetero) is 4. The molecule has 3 rings (SSSR count). The second kappa shape index (κ2) is 16.5. The van der Waals surface area contributed by atoms with Crippen LogP contribution in [0.2, 0.25) is 0 Å². The Hall–Kier alpha value is -3.72. The first kappa shape index (κ1) is 35.8. The number of rotatable bonds is 19. The average molecular weight is 636 g/mol. The third kappa shape index (κ3) is 10.7. The zero-order valence-electron chi connectivity index (χ0n) is 26.8. The van der Waals surface area contributed by atoms with Crippen molar-refractivity contribution in [2.24, 2.45) is 11.8 Å². The van der Waals surface area contributed by atoms with Gasteiger partial charge >= 0.3 is 0 Å². The van der Waals surface area contributed by atoms with Crippen LogP contribution < -0.4 is 5.32 Å². The Kier molecular flexibility index (Phi) is 13.2. The number of fused-ring (bicyclic) bond motifs is 1. The number of ketones is 4. The number of amides is 1. The van der Waals surface area contributed by atoms with Crippen LogP contribution in [0, 0.1) is 11.8 Å². The number of allylic oxidation sites excluding steroid dienone is 2. The molecule has 0 bridgehead atoms. The Morgan fingerprint density at radius 3 is 2.22 bits per heavy atom. The van der Waals surface area contributed by atoms with Gasteiger partial charge in [0.1, 0.15) is 9.84 Å². The standard InChI is InChI=1S/C36H45NO7S/c1-5-6-14-28(35(41)32(38)18-17-26-12-8-7-9-13-26)23-34(40)31(19-20-45(4,43)44)37-36(42)24(2)21-33(39)30-22-27-15-10-11-16-29(27)25(30)3/h7-13,15-16,24,28,31H,5-6,14,17-23H2,1-4H3,(H,37,42)/t24-,28-,31+/m1/s1. The van der Waals surface area contributed by atoms with Crippen molar-refractivity contribution in [1.29, 1.82) is 0 Å². The zero-order valence-corrected chi connectivity index (χ0v) is 27.6. The Bertz CT molecular complexity index is 1540. The van der Waals surface area contributed by atoms with Gasteiger partial charge < -0.3 is 5.32 Å². The number of aryl methyl sites for hydroxylation is 1. The first-order valence-electron chi connectivity index (χ1n) is 15.7. The third-order valence-electron chi connectivity index (χ3n) is 8.48. The van der Waals surface area contributed by atoms with Crippen molar-refractivity contribution in [2.75, 3.05) is 12.0 Å². The number of hydrogen-bond donors (Lipinski definition) is 1. The number of unbranched alkanes of at least 4 members (excludes halogenated alkanes) is 1. The molecule has 1 aliphatic rings. The quantitative estimate of drug-likeness (QED) is 0.213. The summed E-state index contributed by atoms with van der Waals surface area (Å²) in [5.74, 6) is -4.31. The number of sulfone groups is 1. The molecule has 0 heterocycles. The molecule has 0 spiro atoms. The molecule has 2 aromatic carbocycles. The lowest BCUT2D eigenvalue weighted by atomic mass is 9.86. The lowest BCUT2D eigenvalue weighted by Gasteiger charge is -2.22. The SMILES string of the molecule is CCCC[C@H](CC(=O)[C@H](CCS(C)(=O)=O)NC(=O)[C@H](C)CC(=O)C1=C(C)c2ccccc2C1)C(=O)C(=O)CCc1ccccc1. The molecular weight excluding hydrogens is 590 g/mol. The van der Waals surface area contributed by atoms with Gasteiger partial charge in [0.2, 0.25) is 11.7 Å². The number of carbonyl (C=O) groups is 5. The highest BCUT2D eigenvalue weighted by Crippen LogP contribution is 2.33. The molecule has 1 amide bonds. The fraction of sp³-hybridized carbons (Fsp3) is 0.472. The Labute approximate surface area is 267 Å². The maximum Gasteiger partial charge on any atom is 0.223 e. The molecule has 0 radical (unpaired) electrons. The molecule has 0 aromatic heterocycles. The van der Waals surface area contributed by atoms with Gasteiger partial charge in [-0.1, -0.05) is 81.3 Å². The molecule has 0 unspecified atom stereocenters. The number of hydrogen-bond acceptors (Lipinski definition) is 7. The highest BCUT2D eigenvalue weighted by atomic mass is 32.2. The maximum absolute atomic E-state index is 13.6. The van der Waals surface area contributed by atoms with Crippen LogP contribution in [-0.2, 0) is 46.7 Å². The summed E-state index contributed by atoms with van der Waals surface area (Å²) in [7, 11) is -3.46. The van der Waals surface area contributed by atoms with Crippen molar-refractivity contribution in [1.82, 2.24) is 5.32 Å². The van der Waals surface area contributed by atoms with Crippen molar-refractivity contribution >= 4 is 44.5 Å². The van der Waals surface area contributed by atoms with Crippen molar-refractivity contribution < 1.29 is 32.4 Å². The molecule has 2 aromatic rings. The van der Waals surface area contributed by atoms with Gasteiger partial charge in [0, 0.05) is 49.3 Å². The van der Waals surface area contributed by atoms with E-state index in [1.165, 1.54) is 0 Å². The third-order valence-corrected chi connectivity index (χ3v) is 9.46. The number of carbonyl (C=O) groups excluding carboxylic acids is 5. The van der Waals surface area contributed by atoms with E-state index in [9.17, 15) is 32.4 Å². The molecule has 1 aliphatic carbocycles. The average Bonchev–Trinajstić information content (AvgIpc) is 3.35. The minimum Gasteiger partial charge on any atom is -0.346 e. The van der Waals surface area contributed by atoms with Gasteiger partial charge in [0.15, 0.2) is 17.3 Å². The van der Waals surface area contributed by atoms with Gasteiger partial charge in [-0.05, 0) is 48.4 Å². The molecule has 0 fully saturated rings. The second-order valence-electron chi connectivity index (χ2n) is 12.2. The first-order chi connectivity index (χ1) is 21.3. The minimum absolute atomic E-state index is 0.0282. The van der Waals surface area contributed by atoms with Crippen molar-refractivity contribution in [3.63, 3.8) is 0 Å². The van der Waals surface area contributed by atoms with Gasteiger partial charge in [0.05, 0.1) is 11.8 Å². The molecule has 242 valence electrons. The van der Waals surface area contributed by atoms with Crippen LogP contribution in [0.1, 0.15) is 82.4 Å². The second-order valence-corrected chi connectivity index (χ2v) is 14.5. The number of nitrogens with one attached hydrogen (secondary N) is 1. The summed E-state index contributed by atoms with van der Waals surface area (Å²) in [5, 5.41) is 2.67. The summed E-state index contributed by atoms with van der Waals surface area (Å²) < 4.78 is 23.9. The van der Waals surface area contributed by atoms with E-state index >= 15 is 0 Å². The van der Waals surface area contributed by atoms with Crippen LogP contribution in [0.25, 0.3) is 5.57 Å². The first-order valence-corrected chi connectivity index (χ1v) is 17.8. The molecule has 8 nitrogen and oxygen atoms in total. The van der Waals surface area contributed by atoms with Gasteiger partial charge in [-0.15, -0.1) is 0 Å². The number of benzene rings is 2. The van der Waals surface area contributed by atoms with Crippen LogP contribution in [-0.4, -0.2) is 55.5 Å². The summed E-state index contributed by atoms with van der Waals surface area (Å²) in [5.41, 5.74) is 4.57. The van der Waals surface area contributed by atoms with Crippen molar-refractivity contribution in [3.05, 3.63) is 76.9 Å². The van der Waals surface area contributed by atoms with Gasteiger partial charge in [-0.3, -0.25) is 24.0 Å². The van der Waals surface area contributed by atoms with Gasteiger partial charge in [-0.2, -0.15) is 0 Å². The smallest absolute Gasteiger partial charge is 0.223 e. The lowest BCUT2D eigenvalue weighted by Crippen LogP contribution is -2.45. The molecular formula is C36H45NO7S. The van der Waals surface area contributed by atoms with E-state index in [0.29, 0.717) is 31.3 Å². The Morgan fingerprint density at radius 1 is 0.911 bits per heavy atom. The van der Waals surface area contributed by atoms with E-state index in [1.54, 1.807) is 6.92 Å². The predicted octanol–water partition coefficient (Wildman–Crippen LogP) is 5.07. The van der Waals surface area contributed by atoms with E-state index in [2.05, 4.69) is 5.32 Å². The topological polar surface area (TPSA) is 132 Å². The van der Waals surface area contributed by atoms with Crippen LogP contribution in [0.15, 0.2) is 60.2 Å². The Balaban J connectivity index is 1.68. The van der Waals surface area contributed by atoms with E-state index in [4.69, 9.17) is 0 Å². The molecule has 45 heavy (non-hydrogen) atoms. The normalized spacial score (nSPS) is 14.8. The summed E-state index contributed by atoms with van der Waals surface area (Å²) >= 11 is 0. The lowest BCUT2D eigenvalue weighted by molar-refractivity contribution is -0.140. The van der Waals surface area contributed by atoms with Crippen LogP contribution in [0.4, 0.5) is 0 Å². The molecule has 0 aliphatic heterocycles.